The monoisotopic (exact) mass is 253 g/mol. The lowest BCUT2D eigenvalue weighted by molar-refractivity contribution is 0.603. The van der Waals surface area contributed by atoms with Crippen molar-refractivity contribution in [3.05, 3.63) is 36.5 Å². The van der Waals surface area contributed by atoms with E-state index in [1.165, 1.54) is 0 Å². The Morgan fingerprint density at radius 3 is 2.71 bits per heavy atom. The van der Waals surface area contributed by atoms with E-state index in [9.17, 15) is 8.42 Å². The summed E-state index contributed by atoms with van der Waals surface area (Å²) in [4.78, 5) is 8.15. The maximum Gasteiger partial charge on any atom is 0.296 e. The number of imidazole rings is 1. The molecule has 0 bridgehead atoms. The molecule has 0 saturated carbocycles. The molecule has 2 heterocycles. The molecule has 0 fully saturated rings. The van der Waals surface area contributed by atoms with Crippen LogP contribution in [0.5, 0.6) is 0 Å². The number of nitrogens with one attached hydrogen (secondary N) is 1. The van der Waals surface area contributed by atoms with Crippen LogP contribution in [0.25, 0.3) is 5.82 Å². The molecule has 0 spiro atoms. The summed E-state index contributed by atoms with van der Waals surface area (Å²) in [5, 5.41) is 4.94. The van der Waals surface area contributed by atoms with E-state index in [-0.39, 0.29) is 0 Å². The third-order valence-electron chi connectivity index (χ3n) is 2.09. The molecule has 7 nitrogen and oxygen atoms in total. The highest BCUT2D eigenvalue weighted by Crippen LogP contribution is 2.18. The van der Waals surface area contributed by atoms with Gasteiger partial charge in [0.2, 0.25) is 0 Å². The minimum absolute atomic E-state index is 0.302. The molecule has 8 heteroatoms. The van der Waals surface area contributed by atoms with Crippen LogP contribution in [-0.4, -0.2) is 23.0 Å². The van der Waals surface area contributed by atoms with E-state index in [1.807, 2.05) is 0 Å². The zero-order valence-corrected chi connectivity index (χ0v) is 9.85. The Labute approximate surface area is 98.5 Å². The molecule has 0 aromatic carbocycles. The van der Waals surface area contributed by atoms with Crippen molar-refractivity contribution < 1.29 is 8.42 Å². The summed E-state index contributed by atoms with van der Waals surface area (Å²) in [5.41, 5.74) is 0.302. The van der Waals surface area contributed by atoms with Crippen molar-refractivity contribution in [2.75, 3.05) is 4.72 Å². The lowest BCUT2D eigenvalue weighted by Gasteiger charge is -2.10. The van der Waals surface area contributed by atoms with E-state index in [4.69, 9.17) is 5.14 Å². The summed E-state index contributed by atoms with van der Waals surface area (Å²) in [6.07, 6.45) is 4.85. The van der Waals surface area contributed by atoms with E-state index in [0.29, 0.717) is 17.3 Å². The summed E-state index contributed by atoms with van der Waals surface area (Å²) in [6, 6.07) is 3.19. The first-order valence-electron chi connectivity index (χ1n) is 4.73. The molecule has 90 valence electrons. The number of nitrogens with two attached hydrogens (primary N) is 1. The first-order valence-corrected chi connectivity index (χ1v) is 6.28. The zero-order chi connectivity index (χ0) is 12.5. The maximum atomic E-state index is 11.0. The number of rotatable bonds is 3. The largest absolute Gasteiger partial charge is 0.296 e. The van der Waals surface area contributed by atoms with Crippen molar-refractivity contribution in [2.24, 2.45) is 5.14 Å². The van der Waals surface area contributed by atoms with Gasteiger partial charge in [-0.2, -0.15) is 8.42 Å². The fourth-order valence-electron chi connectivity index (χ4n) is 1.42. The van der Waals surface area contributed by atoms with E-state index in [2.05, 4.69) is 14.7 Å². The molecule has 0 aliphatic heterocycles. The topological polar surface area (TPSA) is 103 Å². The quantitative estimate of drug-likeness (QED) is 0.815. The summed E-state index contributed by atoms with van der Waals surface area (Å²) in [5.74, 6) is 1.12. The van der Waals surface area contributed by atoms with E-state index in [1.54, 1.807) is 42.2 Å². The Bertz CT molecular complexity index is 634. The van der Waals surface area contributed by atoms with Crippen molar-refractivity contribution in [3.8, 4) is 5.82 Å². The van der Waals surface area contributed by atoms with Gasteiger partial charge in [-0.3, -0.25) is 9.29 Å². The number of hydrogen-bond acceptors (Lipinski definition) is 4. The zero-order valence-electron chi connectivity index (χ0n) is 9.03. The number of hydrogen-bond donors (Lipinski definition) is 2. The maximum absolute atomic E-state index is 11.0. The molecule has 2 rings (SSSR count). The fourth-order valence-corrected chi connectivity index (χ4v) is 1.89. The van der Waals surface area contributed by atoms with Gasteiger partial charge in [-0.25, -0.2) is 15.1 Å². The Kier molecular flexibility index (Phi) is 2.82. The number of aryl methyl sites for hydroxylation is 1. The van der Waals surface area contributed by atoms with Crippen LogP contribution in [0.1, 0.15) is 5.82 Å². The van der Waals surface area contributed by atoms with E-state index < -0.39 is 10.2 Å². The summed E-state index contributed by atoms with van der Waals surface area (Å²) in [7, 11) is -3.83. The van der Waals surface area contributed by atoms with Gasteiger partial charge in [0.1, 0.15) is 5.82 Å². The van der Waals surface area contributed by atoms with Gasteiger partial charge >= 0.3 is 0 Å². The lowest BCUT2D eigenvalue weighted by Crippen LogP contribution is -2.23. The van der Waals surface area contributed by atoms with Gasteiger partial charge in [-0.15, -0.1) is 0 Å². The van der Waals surface area contributed by atoms with Crippen LogP contribution >= 0.6 is 0 Å². The molecule has 0 aliphatic carbocycles. The summed E-state index contributed by atoms with van der Waals surface area (Å²) in [6.45, 7) is 1.79. The third-order valence-corrected chi connectivity index (χ3v) is 2.60. The molecule has 0 unspecified atom stereocenters. The fraction of sp³-hybridized carbons (Fsp3) is 0.111. The minimum atomic E-state index is -3.83. The predicted molar refractivity (Wildman–Crippen MR) is 62.8 cm³/mol. The van der Waals surface area contributed by atoms with Crippen molar-refractivity contribution >= 4 is 15.9 Å². The standard InChI is InChI=1S/C9H11N5O2S/c1-7-11-5-6-14(7)9-8(3-2-4-12-9)13-17(10,15)16/h2-6,13H,1H3,(H2,10,15,16). The number of pyridine rings is 1. The molecule has 0 aliphatic rings. The summed E-state index contributed by atoms with van der Waals surface area (Å²) < 4.78 is 25.9. The highest BCUT2D eigenvalue weighted by molar-refractivity contribution is 7.90. The second kappa shape index (κ2) is 4.15. The predicted octanol–water partition coefficient (Wildman–Crippen LogP) is 0.191. The molecule has 2 aromatic heterocycles. The second-order valence-corrected chi connectivity index (χ2v) is 4.66. The van der Waals surface area contributed by atoms with Gasteiger partial charge in [0.05, 0.1) is 5.69 Å². The lowest BCUT2D eigenvalue weighted by atomic mass is 10.4. The highest BCUT2D eigenvalue weighted by Gasteiger charge is 2.11. The number of anilines is 1. The van der Waals surface area contributed by atoms with Crippen LogP contribution in [0.2, 0.25) is 0 Å². The molecule has 3 N–H and O–H groups in total. The minimum Gasteiger partial charge on any atom is -0.286 e. The average Bonchev–Trinajstić information content (AvgIpc) is 2.63. The van der Waals surface area contributed by atoms with Crippen LogP contribution in [0.4, 0.5) is 5.69 Å². The average molecular weight is 253 g/mol. The Morgan fingerprint density at radius 2 is 2.12 bits per heavy atom. The van der Waals surface area contributed by atoms with Gasteiger partial charge in [0.25, 0.3) is 10.2 Å². The SMILES string of the molecule is Cc1nccn1-c1ncccc1NS(N)(=O)=O. The number of aromatic nitrogens is 3. The Morgan fingerprint density at radius 1 is 1.35 bits per heavy atom. The van der Waals surface area contributed by atoms with Gasteiger partial charge in [-0.1, -0.05) is 0 Å². The molecule has 0 atom stereocenters. The molecule has 0 radical (unpaired) electrons. The van der Waals surface area contributed by atoms with E-state index >= 15 is 0 Å². The van der Waals surface area contributed by atoms with Gasteiger partial charge in [0.15, 0.2) is 5.82 Å². The molecule has 0 amide bonds. The van der Waals surface area contributed by atoms with Crippen molar-refractivity contribution in [2.45, 2.75) is 6.92 Å². The van der Waals surface area contributed by atoms with E-state index in [0.717, 1.165) is 0 Å². The smallest absolute Gasteiger partial charge is 0.286 e. The van der Waals surface area contributed by atoms with Crippen LogP contribution in [0.15, 0.2) is 30.7 Å². The van der Waals surface area contributed by atoms with Gasteiger partial charge in [0, 0.05) is 18.6 Å². The normalized spacial score (nSPS) is 11.4. The molecule has 2 aromatic rings. The van der Waals surface area contributed by atoms with Gasteiger partial charge < -0.3 is 0 Å². The molecule has 0 saturated heterocycles. The van der Waals surface area contributed by atoms with Crippen LogP contribution in [0, 0.1) is 6.92 Å². The molecular formula is C9H11N5O2S. The molecular weight excluding hydrogens is 242 g/mol. The highest BCUT2D eigenvalue weighted by atomic mass is 32.2. The van der Waals surface area contributed by atoms with Crippen LogP contribution in [-0.2, 0) is 10.2 Å². The first kappa shape index (κ1) is 11.6. The van der Waals surface area contributed by atoms with Crippen molar-refractivity contribution in [1.82, 2.24) is 14.5 Å². The number of nitrogens with zero attached hydrogens (tertiary/aromatic N) is 3. The van der Waals surface area contributed by atoms with Crippen molar-refractivity contribution in [1.29, 1.82) is 0 Å². The van der Waals surface area contributed by atoms with Crippen LogP contribution in [0.3, 0.4) is 0 Å². The second-order valence-electron chi connectivity index (χ2n) is 3.37. The Balaban J connectivity index is 2.52. The van der Waals surface area contributed by atoms with Crippen molar-refractivity contribution in [3.63, 3.8) is 0 Å². The van der Waals surface area contributed by atoms with Crippen LogP contribution < -0.4 is 9.86 Å². The Hall–Kier alpha value is -1.93. The summed E-state index contributed by atoms with van der Waals surface area (Å²) >= 11 is 0. The molecule has 17 heavy (non-hydrogen) atoms. The third kappa shape index (κ3) is 2.60. The van der Waals surface area contributed by atoms with Gasteiger partial charge in [-0.05, 0) is 19.1 Å². The first-order chi connectivity index (χ1) is 7.97.